The molecular formula is C14H26O2. The molecule has 0 amide bonds. The molecule has 2 saturated carbocycles. The van der Waals surface area contributed by atoms with Crippen LogP contribution < -0.4 is 0 Å². The van der Waals surface area contributed by atoms with Crippen molar-refractivity contribution >= 4 is 0 Å². The van der Waals surface area contributed by atoms with E-state index in [0.717, 1.165) is 11.8 Å². The van der Waals surface area contributed by atoms with Crippen molar-refractivity contribution < 1.29 is 10.2 Å². The Hall–Kier alpha value is -0.0800. The van der Waals surface area contributed by atoms with Crippen LogP contribution in [0.2, 0.25) is 0 Å². The Morgan fingerprint density at radius 3 is 1.12 bits per heavy atom. The lowest BCUT2D eigenvalue weighted by Gasteiger charge is -2.37. The zero-order valence-corrected chi connectivity index (χ0v) is 10.3. The lowest BCUT2D eigenvalue weighted by molar-refractivity contribution is 0.101. The normalized spacial score (nSPS) is 40.9. The smallest absolute Gasteiger partial charge is 0.0459 e. The molecule has 2 heteroatoms. The molecule has 94 valence electrons. The second kappa shape index (κ2) is 6.02. The third-order valence-electron chi connectivity index (χ3n) is 4.97. The molecule has 0 aromatic rings. The molecule has 0 radical (unpaired) electrons. The van der Waals surface area contributed by atoms with Gasteiger partial charge in [-0.05, 0) is 75.0 Å². The van der Waals surface area contributed by atoms with Gasteiger partial charge in [-0.2, -0.15) is 0 Å². The SMILES string of the molecule is OCC1CCC(C2CCC(CO)CC2)CC1. The largest absolute Gasteiger partial charge is 0.396 e. The Labute approximate surface area is 99.1 Å². The van der Waals surface area contributed by atoms with Crippen LogP contribution in [0, 0.1) is 23.7 Å². The lowest BCUT2D eigenvalue weighted by Crippen LogP contribution is -2.27. The van der Waals surface area contributed by atoms with E-state index < -0.39 is 0 Å². The number of hydrogen-bond acceptors (Lipinski definition) is 2. The average molecular weight is 226 g/mol. The third-order valence-corrected chi connectivity index (χ3v) is 4.97. The van der Waals surface area contributed by atoms with Crippen LogP contribution in [0.4, 0.5) is 0 Å². The summed E-state index contributed by atoms with van der Waals surface area (Å²) in [5.74, 6) is 3.01. The van der Waals surface area contributed by atoms with Crippen molar-refractivity contribution in [1.29, 1.82) is 0 Å². The summed E-state index contributed by atoms with van der Waals surface area (Å²) in [6.45, 7) is 0.786. The van der Waals surface area contributed by atoms with Crippen LogP contribution in [0.25, 0.3) is 0 Å². The van der Waals surface area contributed by atoms with Crippen LogP contribution in [0.5, 0.6) is 0 Å². The second-order valence-corrected chi connectivity index (χ2v) is 5.93. The van der Waals surface area contributed by atoms with Gasteiger partial charge in [-0.3, -0.25) is 0 Å². The summed E-state index contributed by atoms with van der Waals surface area (Å²) < 4.78 is 0. The molecule has 16 heavy (non-hydrogen) atoms. The minimum atomic E-state index is 0.393. The molecule has 2 N–H and O–H groups in total. The van der Waals surface area contributed by atoms with Crippen molar-refractivity contribution in [1.82, 2.24) is 0 Å². The van der Waals surface area contributed by atoms with E-state index in [1.807, 2.05) is 0 Å². The van der Waals surface area contributed by atoms with Crippen LogP contribution in [-0.4, -0.2) is 23.4 Å². The van der Waals surface area contributed by atoms with Crippen LogP contribution >= 0.6 is 0 Å². The summed E-state index contributed by atoms with van der Waals surface area (Å²) in [5, 5.41) is 18.3. The molecule has 0 unspecified atom stereocenters. The molecule has 2 aliphatic carbocycles. The Bertz CT molecular complexity index is 167. The summed E-state index contributed by atoms with van der Waals surface area (Å²) in [7, 11) is 0. The van der Waals surface area contributed by atoms with Gasteiger partial charge in [0.15, 0.2) is 0 Å². The van der Waals surface area contributed by atoms with E-state index >= 15 is 0 Å². The van der Waals surface area contributed by atoms with Crippen molar-refractivity contribution in [3.05, 3.63) is 0 Å². The van der Waals surface area contributed by atoms with Gasteiger partial charge in [0.1, 0.15) is 0 Å². The minimum Gasteiger partial charge on any atom is -0.396 e. The van der Waals surface area contributed by atoms with E-state index in [-0.39, 0.29) is 0 Å². The van der Waals surface area contributed by atoms with Crippen LogP contribution in [0.1, 0.15) is 51.4 Å². The van der Waals surface area contributed by atoms with Crippen molar-refractivity contribution in [3.8, 4) is 0 Å². The fraction of sp³-hybridized carbons (Fsp3) is 1.00. The number of rotatable bonds is 3. The number of aliphatic hydroxyl groups is 2. The maximum absolute atomic E-state index is 9.13. The molecule has 0 spiro atoms. The average Bonchev–Trinajstić information content (AvgIpc) is 2.39. The van der Waals surface area contributed by atoms with Crippen molar-refractivity contribution in [2.75, 3.05) is 13.2 Å². The molecule has 0 atom stereocenters. The summed E-state index contributed by atoms with van der Waals surface area (Å²) >= 11 is 0. The van der Waals surface area contributed by atoms with Crippen LogP contribution in [0.3, 0.4) is 0 Å². The molecule has 2 nitrogen and oxygen atoms in total. The van der Waals surface area contributed by atoms with E-state index in [1.54, 1.807) is 0 Å². The topological polar surface area (TPSA) is 40.5 Å². The maximum atomic E-state index is 9.13. The second-order valence-electron chi connectivity index (χ2n) is 5.93. The summed E-state index contributed by atoms with van der Waals surface area (Å²) in [4.78, 5) is 0. The van der Waals surface area contributed by atoms with Crippen LogP contribution in [0.15, 0.2) is 0 Å². The molecule has 2 fully saturated rings. The molecule has 0 aromatic heterocycles. The van der Waals surface area contributed by atoms with Gasteiger partial charge in [-0.15, -0.1) is 0 Å². The Kier molecular flexibility index (Phi) is 4.66. The van der Waals surface area contributed by atoms with Gasteiger partial charge in [0, 0.05) is 13.2 Å². The number of aliphatic hydroxyl groups excluding tert-OH is 2. The van der Waals surface area contributed by atoms with Crippen LogP contribution in [-0.2, 0) is 0 Å². The Balaban J connectivity index is 1.73. The first-order valence-electron chi connectivity index (χ1n) is 7.05. The summed E-state index contributed by atoms with van der Waals surface area (Å²) in [6.07, 6.45) is 10.3. The highest BCUT2D eigenvalue weighted by Gasteiger charge is 2.30. The molecule has 0 heterocycles. The van der Waals surface area contributed by atoms with Gasteiger partial charge < -0.3 is 10.2 Å². The maximum Gasteiger partial charge on any atom is 0.0459 e. The predicted octanol–water partition coefficient (Wildman–Crippen LogP) is 2.58. The highest BCUT2D eigenvalue weighted by Crippen LogP contribution is 2.41. The van der Waals surface area contributed by atoms with E-state index in [2.05, 4.69) is 0 Å². The van der Waals surface area contributed by atoms with E-state index in [1.165, 1.54) is 51.4 Å². The molecule has 0 bridgehead atoms. The van der Waals surface area contributed by atoms with E-state index in [9.17, 15) is 0 Å². The molecule has 2 aliphatic rings. The zero-order chi connectivity index (χ0) is 11.4. The highest BCUT2D eigenvalue weighted by atomic mass is 16.3. The Morgan fingerprint density at radius 2 is 0.875 bits per heavy atom. The van der Waals surface area contributed by atoms with Gasteiger partial charge in [0.05, 0.1) is 0 Å². The van der Waals surface area contributed by atoms with Gasteiger partial charge in [-0.25, -0.2) is 0 Å². The fourth-order valence-corrected chi connectivity index (χ4v) is 3.68. The van der Waals surface area contributed by atoms with Gasteiger partial charge in [-0.1, -0.05) is 0 Å². The van der Waals surface area contributed by atoms with Gasteiger partial charge >= 0.3 is 0 Å². The lowest BCUT2D eigenvalue weighted by atomic mass is 9.69. The molecule has 0 aromatic carbocycles. The number of hydrogen-bond donors (Lipinski definition) is 2. The molecular weight excluding hydrogens is 200 g/mol. The van der Waals surface area contributed by atoms with Gasteiger partial charge in [0.25, 0.3) is 0 Å². The summed E-state index contributed by atoms with van der Waals surface area (Å²) in [5.41, 5.74) is 0. The molecule has 2 rings (SSSR count). The minimum absolute atomic E-state index is 0.393. The monoisotopic (exact) mass is 226 g/mol. The van der Waals surface area contributed by atoms with Crippen molar-refractivity contribution in [3.63, 3.8) is 0 Å². The van der Waals surface area contributed by atoms with Crippen molar-refractivity contribution in [2.24, 2.45) is 23.7 Å². The first-order chi connectivity index (χ1) is 7.83. The highest BCUT2D eigenvalue weighted by molar-refractivity contribution is 4.81. The van der Waals surface area contributed by atoms with E-state index in [0.29, 0.717) is 25.0 Å². The molecule has 0 aliphatic heterocycles. The van der Waals surface area contributed by atoms with Gasteiger partial charge in [0.2, 0.25) is 0 Å². The fourth-order valence-electron chi connectivity index (χ4n) is 3.68. The standard InChI is InChI=1S/C14H26O2/c15-9-11-1-5-13(6-2-11)14-7-3-12(10-16)4-8-14/h11-16H,1-10H2. The zero-order valence-electron chi connectivity index (χ0n) is 10.3. The Morgan fingerprint density at radius 1 is 0.562 bits per heavy atom. The van der Waals surface area contributed by atoms with E-state index in [4.69, 9.17) is 10.2 Å². The first-order valence-corrected chi connectivity index (χ1v) is 7.05. The summed E-state index contributed by atoms with van der Waals surface area (Å²) in [6, 6.07) is 0. The third kappa shape index (κ3) is 2.98. The first kappa shape index (κ1) is 12.4. The quantitative estimate of drug-likeness (QED) is 0.776. The molecule has 0 saturated heterocycles. The van der Waals surface area contributed by atoms with Crippen molar-refractivity contribution in [2.45, 2.75) is 51.4 Å². The predicted molar refractivity (Wildman–Crippen MR) is 65.1 cm³/mol.